The van der Waals surface area contributed by atoms with Gasteiger partial charge in [0.2, 0.25) is 0 Å². The maximum Gasteiger partial charge on any atom is 0.321 e. The molecule has 0 fully saturated rings. The molecule has 2 aromatic rings. The Morgan fingerprint density at radius 1 is 1.30 bits per heavy atom. The van der Waals surface area contributed by atoms with Crippen LogP contribution in [0.2, 0.25) is 0 Å². The molecule has 23 heavy (non-hydrogen) atoms. The number of amides is 2. The van der Waals surface area contributed by atoms with Crippen molar-refractivity contribution in [2.45, 2.75) is 11.8 Å². The number of hydrogen-bond donors (Lipinski definition) is 3. The Bertz CT molecular complexity index is 798. The number of aliphatic hydroxyl groups excluding tert-OH is 1. The van der Waals surface area contributed by atoms with E-state index in [0.29, 0.717) is 5.13 Å². The van der Waals surface area contributed by atoms with Gasteiger partial charge >= 0.3 is 6.03 Å². The van der Waals surface area contributed by atoms with Crippen molar-refractivity contribution in [2.24, 2.45) is 0 Å². The molecule has 0 radical (unpaired) electrons. The lowest BCUT2D eigenvalue weighted by Gasteiger charge is -2.02. The van der Waals surface area contributed by atoms with Gasteiger partial charge in [0.05, 0.1) is 22.1 Å². The van der Waals surface area contributed by atoms with Gasteiger partial charge in [-0.05, 0) is 24.6 Å². The number of carbonyl (C=O) groups excluding carboxylic acids is 1. The number of anilines is 1. The zero-order chi connectivity index (χ0) is 17.0. The highest BCUT2D eigenvalue weighted by atomic mass is 32.2. The molecule has 0 aliphatic heterocycles. The molecule has 0 aliphatic carbocycles. The highest BCUT2D eigenvalue weighted by Gasteiger charge is 2.13. The van der Waals surface area contributed by atoms with E-state index < -0.39 is 15.9 Å². The Morgan fingerprint density at radius 3 is 2.52 bits per heavy atom. The van der Waals surface area contributed by atoms with Crippen LogP contribution in [0.3, 0.4) is 0 Å². The summed E-state index contributed by atoms with van der Waals surface area (Å²) in [6.07, 6.45) is 1.16. The predicted octanol–water partition coefficient (Wildman–Crippen LogP) is 1.64. The number of sulfone groups is 1. The smallest absolute Gasteiger partial charge is 0.321 e. The molecule has 124 valence electrons. The lowest BCUT2D eigenvalue weighted by molar-refractivity contribution is 0.245. The van der Waals surface area contributed by atoms with Crippen molar-refractivity contribution >= 4 is 32.3 Å². The quantitative estimate of drug-likeness (QED) is 0.755. The third kappa shape index (κ3) is 4.50. The van der Waals surface area contributed by atoms with Crippen LogP contribution in [0.1, 0.15) is 5.69 Å². The molecule has 2 amide bonds. The standard InChI is InChI=1S/C14H17N3O4S2/c1-9-12(10-3-5-11(6-4-10)23(2,20)21)22-14(16-9)17-13(19)15-7-8-18/h3-6,18H,7-8H2,1-2H3,(H2,15,16,17,19). The van der Waals surface area contributed by atoms with Crippen LogP contribution in [-0.4, -0.2) is 43.9 Å². The SMILES string of the molecule is Cc1nc(NC(=O)NCCO)sc1-c1ccc(S(C)(=O)=O)cc1. The van der Waals surface area contributed by atoms with Crippen molar-refractivity contribution in [2.75, 3.05) is 24.7 Å². The van der Waals surface area contributed by atoms with Crippen LogP contribution in [0.5, 0.6) is 0 Å². The molecule has 1 aromatic carbocycles. The van der Waals surface area contributed by atoms with E-state index in [-0.39, 0.29) is 18.0 Å². The molecular formula is C14H17N3O4S2. The fraction of sp³-hybridized carbons (Fsp3) is 0.286. The number of benzene rings is 1. The first-order valence-corrected chi connectivity index (χ1v) is 9.45. The first kappa shape index (κ1) is 17.4. The van der Waals surface area contributed by atoms with Gasteiger partial charge in [0.1, 0.15) is 0 Å². The third-order valence-corrected chi connectivity index (χ3v) is 5.21. The second kappa shape index (κ2) is 7.07. The van der Waals surface area contributed by atoms with Crippen molar-refractivity contribution in [3.05, 3.63) is 30.0 Å². The Labute approximate surface area is 138 Å². The molecule has 2 rings (SSSR count). The Balaban J connectivity index is 2.19. The summed E-state index contributed by atoms with van der Waals surface area (Å²) in [6, 6.07) is 6.08. The highest BCUT2D eigenvalue weighted by Crippen LogP contribution is 2.33. The molecule has 0 saturated heterocycles. The number of urea groups is 1. The second-order valence-corrected chi connectivity index (χ2v) is 7.85. The monoisotopic (exact) mass is 355 g/mol. The number of thiazole rings is 1. The van der Waals surface area contributed by atoms with Crippen molar-refractivity contribution in [3.63, 3.8) is 0 Å². The van der Waals surface area contributed by atoms with Crippen molar-refractivity contribution in [1.82, 2.24) is 10.3 Å². The molecule has 9 heteroatoms. The molecule has 0 unspecified atom stereocenters. The van der Waals surface area contributed by atoms with Crippen molar-refractivity contribution in [1.29, 1.82) is 0 Å². The van der Waals surface area contributed by atoms with Gasteiger partial charge in [-0.3, -0.25) is 5.32 Å². The minimum absolute atomic E-state index is 0.137. The van der Waals surface area contributed by atoms with E-state index in [1.807, 2.05) is 6.92 Å². The summed E-state index contributed by atoms with van der Waals surface area (Å²) < 4.78 is 23.0. The van der Waals surface area contributed by atoms with Gasteiger partial charge in [-0.2, -0.15) is 0 Å². The molecule has 7 nitrogen and oxygen atoms in total. The molecule has 3 N–H and O–H groups in total. The lowest BCUT2D eigenvalue weighted by atomic mass is 10.2. The Morgan fingerprint density at radius 2 is 1.96 bits per heavy atom. The van der Waals surface area contributed by atoms with Crippen molar-refractivity contribution < 1.29 is 18.3 Å². The zero-order valence-electron chi connectivity index (χ0n) is 12.7. The number of aliphatic hydroxyl groups is 1. The number of aromatic nitrogens is 1. The maximum atomic E-state index is 11.6. The first-order valence-electron chi connectivity index (χ1n) is 6.75. The minimum Gasteiger partial charge on any atom is -0.395 e. The normalized spacial score (nSPS) is 11.3. The van der Waals surface area contributed by atoms with Crippen LogP contribution in [0, 0.1) is 6.92 Å². The summed E-state index contributed by atoms with van der Waals surface area (Å²) in [4.78, 5) is 16.9. The fourth-order valence-electron chi connectivity index (χ4n) is 1.88. The van der Waals surface area contributed by atoms with Gasteiger partial charge in [0.25, 0.3) is 0 Å². The van der Waals surface area contributed by atoms with Crippen LogP contribution in [0.15, 0.2) is 29.2 Å². The highest BCUT2D eigenvalue weighted by molar-refractivity contribution is 7.90. The molecule has 0 aliphatic rings. The summed E-state index contributed by atoms with van der Waals surface area (Å²) in [5, 5.41) is 14.2. The van der Waals surface area contributed by atoms with Gasteiger partial charge in [-0.25, -0.2) is 18.2 Å². The topological polar surface area (TPSA) is 108 Å². The average molecular weight is 355 g/mol. The van der Waals surface area contributed by atoms with Gasteiger partial charge < -0.3 is 10.4 Å². The number of carbonyl (C=O) groups is 1. The molecule has 0 bridgehead atoms. The summed E-state index contributed by atoms with van der Waals surface area (Å²) >= 11 is 1.29. The summed E-state index contributed by atoms with van der Waals surface area (Å²) in [7, 11) is -3.23. The molecule has 0 saturated carbocycles. The Hall–Kier alpha value is -1.97. The molecule has 1 heterocycles. The minimum atomic E-state index is -3.23. The van der Waals surface area contributed by atoms with Gasteiger partial charge in [-0.15, -0.1) is 0 Å². The molecule has 0 spiro atoms. The van der Waals surface area contributed by atoms with Crippen LogP contribution < -0.4 is 10.6 Å². The van der Waals surface area contributed by atoms with E-state index in [1.165, 1.54) is 11.3 Å². The fourth-order valence-corrected chi connectivity index (χ4v) is 3.48. The van der Waals surface area contributed by atoms with Crippen LogP contribution in [0.25, 0.3) is 10.4 Å². The van der Waals surface area contributed by atoms with E-state index in [0.717, 1.165) is 22.4 Å². The Kier molecular flexibility index (Phi) is 5.34. The number of nitrogens with zero attached hydrogens (tertiary/aromatic N) is 1. The van der Waals surface area contributed by atoms with Gasteiger partial charge in [0, 0.05) is 12.8 Å². The first-order chi connectivity index (χ1) is 10.8. The maximum absolute atomic E-state index is 11.6. The summed E-state index contributed by atoms with van der Waals surface area (Å²) in [5.41, 5.74) is 1.57. The molecule has 0 atom stereocenters. The third-order valence-electron chi connectivity index (χ3n) is 2.96. The van der Waals surface area contributed by atoms with Crippen LogP contribution in [-0.2, 0) is 9.84 Å². The molecular weight excluding hydrogens is 338 g/mol. The number of aryl methyl sites for hydroxylation is 1. The van der Waals surface area contributed by atoms with E-state index in [1.54, 1.807) is 24.3 Å². The average Bonchev–Trinajstić information content (AvgIpc) is 2.85. The van der Waals surface area contributed by atoms with Gasteiger partial charge in [0.15, 0.2) is 15.0 Å². The number of nitrogens with one attached hydrogen (secondary N) is 2. The summed E-state index contributed by atoms with van der Waals surface area (Å²) in [5.74, 6) is 0. The van der Waals surface area contributed by atoms with Gasteiger partial charge in [-0.1, -0.05) is 23.5 Å². The van der Waals surface area contributed by atoms with Crippen LogP contribution in [0.4, 0.5) is 9.93 Å². The van der Waals surface area contributed by atoms with E-state index in [2.05, 4.69) is 15.6 Å². The predicted molar refractivity (Wildman–Crippen MR) is 89.5 cm³/mol. The second-order valence-electron chi connectivity index (χ2n) is 4.83. The van der Waals surface area contributed by atoms with Crippen molar-refractivity contribution in [3.8, 4) is 10.4 Å². The number of rotatable bonds is 5. The van der Waals surface area contributed by atoms with E-state index in [9.17, 15) is 13.2 Å². The lowest BCUT2D eigenvalue weighted by Crippen LogP contribution is -2.30. The largest absolute Gasteiger partial charge is 0.395 e. The number of hydrogen-bond acceptors (Lipinski definition) is 6. The summed E-state index contributed by atoms with van der Waals surface area (Å²) in [6.45, 7) is 1.84. The van der Waals surface area contributed by atoms with Crippen LogP contribution >= 0.6 is 11.3 Å². The zero-order valence-corrected chi connectivity index (χ0v) is 14.3. The molecule has 1 aromatic heterocycles. The van der Waals surface area contributed by atoms with E-state index >= 15 is 0 Å². The van der Waals surface area contributed by atoms with E-state index in [4.69, 9.17) is 5.11 Å².